The van der Waals surface area contributed by atoms with Crippen LogP contribution in [-0.4, -0.2) is 42.4 Å². The highest BCUT2D eigenvalue weighted by Crippen LogP contribution is 2.61. The standard InChI is InChI=1S/C20H33N3O2/c21-12-17-3-1-2-4-23(17)19(25)13-22-18(24)11-20-8-14-5-15(9-20)7-16(6-14)10-20/h14-17H,1-13,21H2,(H,22,24). The SMILES string of the molecule is NCC1CCCCN1C(=O)CNC(=O)CC12CC3CC(CC(C3)C1)C2. The van der Waals surface area contributed by atoms with E-state index in [9.17, 15) is 9.59 Å². The van der Waals surface area contributed by atoms with Gasteiger partial charge < -0.3 is 16.0 Å². The van der Waals surface area contributed by atoms with E-state index in [-0.39, 0.29) is 29.8 Å². The summed E-state index contributed by atoms with van der Waals surface area (Å²) in [5.74, 6) is 2.70. The van der Waals surface area contributed by atoms with E-state index in [4.69, 9.17) is 5.73 Å². The van der Waals surface area contributed by atoms with E-state index < -0.39 is 0 Å². The zero-order valence-corrected chi connectivity index (χ0v) is 15.3. The van der Waals surface area contributed by atoms with Gasteiger partial charge in [0.2, 0.25) is 11.8 Å². The van der Waals surface area contributed by atoms with Gasteiger partial charge in [-0.3, -0.25) is 9.59 Å². The van der Waals surface area contributed by atoms with Crippen molar-refractivity contribution in [1.29, 1.82) is 0 Å². The average Bonchev–Trinajstić information content (AvgIpc) is 2.58. The Labute approximate surface area is 151 Å². The third kappa shape index (κ3) is 3.57. The summed E-state index contributed by atoms with van der Waals surface area (Å²) < 4.78 is 0. The van der Waals surface area contributed by atoms with Gasteiger partial charge in [-0.1, -0.05) is 0 Å². The summed E-state index contributed by atoms with van der Waals surface area (Å²) in [6.45, 7) is 1.44. The van der Waals surface area contributed by atoms with Crippen molar-refractivity contribution < 1.29 is 9.59 Å². The molecular weight excluding hydrogens is 314 g/mol. The van der Waals surface area contributed by atoms with Crippen LogP contribution in [0.15, 0.2) is 0 Å². The van der Waals surface area contributed by atoms with Gasteiger partial charge in [0.15, 0.2) is 0 Å². The number of carbonyl (C=O) groups excluding carboxylic acids is 2. The van der Waals surface area contributed by atoms with Gasteiger partial charge in [0, 0.05) is 25.6 Å². The van der Waals surface area contributed by atoms with Gasteiger partial charge in [-0.25, -0.2) is 0 Å². The Morgan fingerprint density at radius 1 is 1.04 bits per heavy atom. The number of amides is 2. The molecule has 4 bridgehead atoms. The van der Waals surface area contributed by atoms with E-state index in [1.165, 1.54) is 38.5 Å². The first-order valence-electron chi connectivity index (χ1n) is 10.3. The lowest BCUT2D eigenvalue weighted by Crippen LogP contribution is -2.51. The summed E-state index contributed by atoms with van der Waals surface area (Å²) in [6, 6.07) is 0.154. The van der Waals surface area contributed by atoms with Crippen molar-refractivity contribution in [2.75, 3.05) is 19.6 Å². The number of nitrogens with two attached hydrogens (primary N) is 1. The zero-order chi connectivity index (χ0) is 17.4. The monoisotopic (exact) mass is 347 g/mol. The zero-order valence-electron chi connectivity index (χ0n) is 15.3. The van der Waals surface area contributed by atoms with Crippen LogP contribution >= 0.6 is 0 Å². The molecule has 2 amide bonds. The number of likely N-dealkylation sites (tertiary alicyclic amines) is 1. The Morgan fingerprint density at radius 2 is 1.68 bits per heavy atom. The molecule has 0 aromatic carbocycles. The van der Waals surface area contributed by atoms with Gasteiger partial charge in [0.25, 0.3) is 0 Å². The van der Waals surface area contributed by atoms with E-state index >= 15 is 0 Å². The lowest BCUT2D eigenvalue weighted by atomic mass is 9.49. The average molecular weight is 348 g/mol. The van der Waals surface area contributed by atoms with E-state index in [0.29, 0.717) is 13.0 Å². The fourth-order valence-corrected chi connectivity index (χ4v) is 6.76. The van der Waals surface area contributed by atoms with E-state index in [2.05, 4.69) is 5.32 Å². The molecule has 4 saturated carbocycles. The van der Waals surface area contributed by atoms with Crippen molar-refractivity contribution in [1.82, 2.24) is 10.2 Å². The molecule has 1 heterocycles. The minimum absolute atomic E-state index is 0.0361. The second kappa shape index (κ2) is 6.90. The Kier molecular flexibility index (Phi) is 4.78. The summed E-state index contributed by atoms with van der Waals surface area (Å²) in [6.07, 6.45) is 11.7. The van der Waals surface area contributed by atoms with E-state index in [1.807, 2.05) is 4.90 Å². The molecule has 5 fully saturated rings. The summed E-state index contributed by atoms with van der Waals surface area (Å²) in [4.78, 5) is 26.9. The quantitative estimate of drug-likeness (QED) is 0.799. The third-order valence-corrected chi connectivity index (χ3v) is 7.36. The first-order valence-corrected chi connectivity index (χ1v) is 10.3. The fourth-order valence-electron chi connectivity index (χ4n) is 6.76. The molecule has 140 valence electrons. The van der Waals surface area contributed by atoms with Crippen molar-refractivity contribution in [2.24, 2.45) is 28.9 Å². The van der Waals surface area contributed by atoms with Crippen LogP contribution in [0.5, 0.6) is 0 Å². The highest BCUT2D eigenvalue weighted by Gasteiger charge is 2.51. The molecule has 1 aliphatic heterocycles. The maximum atomic E-state index is 12.6. The lowest BCUT2D eigenvalue weighted by molar-refractivity contribution is -0.137. The van der Waals surface area contributed by atoms with Crippen LogP contribution in [0.4, 0.5) is 0 Å². The Bertz CT molecular complexity index is 498. The van der Waals surface area contributed by atoms with E-state index in [1.54, 1.807) is 0 Å². The molecule has 25 heavy (non-hydrogen) atoms. The molecule has 1 unspecified atom stereocenters. The van der Waals surface area contributed by atoms with Gasteiger partial charge in [0.05, 0.1) is 6.54 Å². The number of nitrogens with zero attached hydrogens (tertiary/aromatic N) is 1. The molecular formula is C20H33N3O2. The molecule has 3 N–H and O–H groups in total. The number of nitrogens with one attached hydrogen (secondary N) is 1. The second-order valence-electron chi connectivity index (χ2n) is 9.34. The van der Waals surface area contributed by atoms with Gasteiger partial charge in [-0.2, -0.15) is 0 Å². The maximum Gasteiger partial charge on any atom is 0.242 e. The summed E-state index contributed by atoms with van der Waals surface area (Å²) in [7, 11) is 0. The number of hydrogen-bond donors (Lipinski definition) is 2. The summed E-state index contributed by atoms with van der Waals surface area (Å²) in [5.41, 5.74) is 6.04. The van der Waals surface area contributed by atoms with Crippen molar-refractivity contribution in [3.05, 3.63) is 0 Å². The van der Waals surface area contributed by atoms with Crippen LogP contribution in [0.2, 0.25) is 0 Å². The van der Waals surface area contributed by atoms with Crippen LogP contribution in [0.1, 0.15) is 64.2 Å². The summed E-state index contributed by atoms with van der Waals surface area (Å²) in [5, 5.41) is 2.93. The molecule has 0 aromatic heterocycles. The van der Waals surface area contributed by atoms with Crippen LogP contribution < -0.4 is 11.1 Å². The number of hydrogen-bond acceptors (Lipinski definition) is 3. The number of piperidine rings is 1. The Balaban J connectivity index is 1.29. The van der Waals surface area contributed by atoms with Gasteiger partial charge >= 0.3 is 0 Å². The minimum Gasteiger partial charge on any atom is -0.347 e. The first kappa shape index (κ1) is 17.3. The normalized spacial score (nSPS) is 39.5. The molecule has 5 nitrogen and oxygen atoms in total. The van der Waals surface area contributed by atoms with Crippen molar-refractivity contribution >= 4 is 11.8 Å². The van der Waals surface area contributed by atoms with Gasteiger partial charge in [0.1, 0.15) is 0 Å². The molecule has 1 atom stereocenters. The van der Waals surface area contributed by atoms with Crippen molar-refractivity contribution in [3.8, 4) is 0 Å². The van der Waals surface area contributed by atoms with Crippen molar-refractivity contribution in [3.63, 3.8) is 0 Å². The highest BCUT2D eigenvalue weighted by atomic mass is 16.2. The molecule has 0 spiro atoms. The third-order valence-electron chi connectivity index (χ3n) is 7.36. The second-order valence-corrected chi connectivity index (χ2v) is 9.34. The topological polar surface area (TPSA) is 75.4 Å². The molecule has 0 aromatic rings. The van der Waals surface area contributed by atoms with Gasteiger partial charge in [-0.05, 0) is 81.0 Å². The predicted molar refractivity (Wildman–Crippen MR) is 96.6 cm³/mol. The maximum absolute atomic E-state index is 12.6. The van der Waals surface area contributed by atoms with Crippen molar-refractivity contribution in [2.45, 2.75) is 70.3 Å². The number of rotatable bonds is 5. The molecule has 1 saturated heterocycles. The number of carbonyl (C=O) groups is 2. The molecule has 0 radical (unpaired) electrons. The molecule has 5 aliphatic rings. The Morgan fingerprint density at radius 3 is 2.28 bits per heavy atom. The lowest BCUT2D eigenvalue weighted by Gasteiger charge is -2.56. The van der Waals surface area contributed by atoms with Crippen LogP contribution in [0.25, 0.3) is 0 Å². The first-order chi connectivity index (χ1) is 12.1. The Hall–Kier alpha value is -1.10. The molecule has 5 heteroatoms. The van der Waals surface area contributed by atoms with Crippen LogP contribution in [0, 0.1) is 23.2 Å². The van der Waals surface area contributed by atoms with Crippen LogP contribution in [-0.2, 0) is 9.59 Å². The van der Waals surface area contributed by atoms with E-state index in [0.717, 1.165) is 43.6 Å². The minimum atomic E-state index is 0.0361. The smallest absolute Gasteiger partial charge is 0.242 e. The van der Waals surface area contributed by atoms with Gasteiger partial charge in [-0.15, -0.1) is 0 Å². The fraction of sp³-hybridized carbons (Fsp3) is 0.900. The molecule has 4 aliphatic carbocycles. The van der Waals surface area contributed by atoms with Crippen LogP contribution in [0.3, 0.4) is 0 Å². The summed E-state index contributed by atoms with van der Waals surface area (Å²) >= 11 is 0. The largest absolute Gasteiger partial charge is 0.347 e. The highest BCUT2D eigenvalue weighted by molar-refractivity contribution is 5.85. The predicted octanol–water partition coefficient (Wildman–Crippen LogP) is 2.05. The molecule has 5 rings (SSSR count).